The number of benzene rings is 2. The van der Waals surface area contributed by atoms with Crippen LogP contribution in [-0.4, -0.2) is 29.5 Å². The van der Waals surface area contributed by atoms with Crippen LogP contribution in [0.3, 0.4) is 0 Å². The standard InChI is InChI=1S/C21H18N2O4/c1-13(20(25)23-11-10-14-6-2-5-9-18(14)23)27-21(26)17-12-19(24)15-7-3-4-8-16(15)22-17/h2-9,12-13H,10-11H2,1H3,(H,22,24)/t13-/m0/s1. The molecule has 1 N–H and O–H groups in total. The highest BCUT2D eigenvalue weighted by Gasteiger charge is 2.30. The van der Waals surface area contributed by atoms with E-state index in [1.54, 1.807) is 36.1 Å². The van der Waals surface area contributed by atoms with Gasteiger partial charge in [0.25, 0.3) is 5.91 Å². The van der Waals surface area contributed by atoms with Gasteiger partial charge < -0.3 is 14.6 Å². The van der Waals surface area contributed by atoms with E-state index in [9.17, 15) is 14.4 Å². The summed E-state index contributed by atoms with van der Waals surface area (Å²) in [6, 6.07) is 15.8. The van der Waals surface area contributed by atoms with Crippen molar-refractivity contribution in [2.24, 2.45) is 0 Å². The molecule has 0 bridgehead atoms. The molecule has 1 aliphatic heterocycles. The Bertz CT molecular complexity index is 1100. The maximum Gasteiger partial charge on any atom is 0.355 e. The van der Waals surface area contributed by atoms with Crippen molar-refractivity contribution in [2.45, 2.75) is 19.4 Å². The number of aromatic amines is 1. The van der Waals surface area contributed by atoms with Crippen LogP contribution < -0.4 is 10.3 Å². The molecule has 3 aromatic rings. The summed E-state index contributed by atoms with van der Waals surface area (Å²) in [4.78, 5) is 41.9. The van der Waals surface area contributed by atoms with E-state index in [0.717, 1.165) is 17.7 Å². The third-order valence-electron chi connectivity index (χ3n) is 4.74. The molecule has 0 unspecified atom stereocenters. The predicted molar refractivity (Wildman–Crippen MR) is 102 cm³/mol. The Morgan fingerprint density at radius 2 is 1.85 bits per heavy atom. The smallest absolute Gasteiger partial charge is 0.355 e. The highest BCUT2D eigenvalue weighted by molar-refractivity contribution is 6.00. The van der Waals surface area contributed by atoms with Gasteiger partial charge >= 0.3 is 5.97 Å². The van der Waals surface area contributed by atoms with Crippen molar-refractivity contribution in [1.82, 2.24) is 4.98 Å². The predicted octanol–water partition coefficient (Wildman–Crippen LogP) is 2.66. The lowest BCUT2D eigenvalue weighted by Gasteiger charge is -2.21. The number of fused-ring (bicyclic) bond motifs is 2. The topological polar surface area (TPSA) is 79.5 Å². The number of ether oxygens (including phenoxy) is 1. The Labute approximate surface area is 155 Å². The van der Waals surface area contributed by atoms with Crippen LogP contribution >= 0.6 is 0 Å². The number of anilines is 1. The first-order valence-electron chi connectivity index (χ1n) is 8.77. The number of nitrogens with zero attached hydrogens (tertiary/aromatic N) is 1. The van der Waals surface area contributed by atoms with Gasteiger partial charge in [0.05, 0.1) is 0 Å². The molecule has 6 heteroatoms. The van der Waals surface area contributed by atoms with Crippen molar-refractivity contribution in [3.63, 3.8) is 0 Å². The normalized spacial score (nSPS) is 14.0. The molecule has 136 valence electrons. The Kier molecular flexibility index (Phi) is 4.24. The Morgan fingerprint density at radius 1 is 1.11 bits per heavy atom. The fourth-order valence-corrected chi connectivity index (χ4v) is 3.37. The summed E-state index contributed by atoms with van der Waals surface area (Å²) < 4.78 is 5.33. The molecular weight excluding hydrogens is 344 g/mol. The summed E-state index contributed by atoms with van der Waals surface area (Å²) in [5.74, 6) is -1.01. The van der Waals surface area contributed by atoms with Crippen LogP contribution in [0.25, 0.3) is 10.9 Å². The van der Waals surface area contributed by atoms with Crippen LogP contribution in [-0.2, 0) is 16.0 Å². The molecule has 27 heavy (non-hydrogen) atoms. The van der Waals surface area contributed by atoms with Gasteiger partial charge in [-0.1, -0.05) is 30.3 Å². The Balaban J connectivity index is 1.53. The summed E-state index contributed by atoms with van der Waals surface area (Å²) in [7, 11) is 0. The van der Waals surface area contributed by atoms with E-state index in [1.165, 1.54) is 6.07 Å². The Hall–Kier alpha value is -3.41. The van der Waals surface area contributed by atoms with Gasteiger partial charge in [-0.2, -0.15) is 0 Å². The Morgan fingerprint density at radius 3 is 2.70 bits per heavy atom. The molecule has 1 aromatic heterocycles. The molecule has 0 saturated carbocycles. The zero-order valence-electron chi connectivity index (χ0n) is 14.8. The van der Waals surface area contributed by atoms with E-state index >= 15 is 0 Å². The molecule has 6 nitrogen and oxygen atoms in total. The number of carbonyl (C=O) groups is 2. The fraction of sp³-hybridized carbons (Fsp3) is 0.190. The number of hydrogen-bond donors (Lipinski definition) is 1. The van der Waals surface area contributed by atoms with Crippen molar-refractivity contribution in [2.75, 3.05) is 11.4 Å². The molecule has 1 amide bonds. The monoisotopic (exact) mass is 362 g/mol. The van der Waals surface area contributed by atoms with E-state index in [0.29, 0.717) is 17.4 Å². The SMILES string of the molecule is C[C@H](OC(=O)c1cc(=O)c2ccccc2[nH]1)C(=O)N1CCc2ccccc21. The van der Waals surface area contributed by atoms with Gasteiger partial charge in [0.2, 0.25) is 0 Å². The van der Waals surface area contributed by atoms with E-state index in [1.807, 2.05) is 24.3 Å². The summed E-state index contributed by atoms with van der Waals surface area (Å²) >= 11 is 0. The average Bonchev–Trinajstić information content (AvgIpc) is 3.11. The average molecular weight is 362 g/mol. The number of H-pyrrole nitrogens is 1. The maximum atomic E-state index is 12.7. The number of rotatable bonds is 3. The minimum absolute atomic E-state index is 0.0279. The number of aromatic nitrogens is 1. The van der Waals surface area contributed by atoms with Crippen LogP contribution in [0.15, 0.2) is 59.4 Å². The molecule has 0 spiro atoms. The first-order valence-corrected chi connectivity index (χ1v) is 8.77. The zero-order chi connectivity index (χ0) is 19.0. The second kappa shape index (κ2) is 6.72. The van der Waals surface area contributed by atoms with Gasteiger partial charge in [0.1, 0.15) is 5.69 Å². The summed E-state index contributed by atoms with van der Waals surface area (Å²) in [6.07, 6.45) is -0.181. The van der Waals surface area contributed by atoms with Crippen LogP contribution in [0, 0.1) is 0 Å². The molecule has 0 fully saturated rings. The van der Waals surface area contributed by atoms with Crippen LogP contribution in [0.4, 0.5) is 5.69 Å². The van der Waals surface area contributed by atoms with Crippen molar-refractivity contribution < 1.29 is 14.3 Å². The van der Waals surface area contributed by atoms with Gasteiger partial charge in [0.15, 0.2) is 11.5 Å². The zero-order valence-corrected chi connectivity index (χ0v) is 14.8. The minimum Gasteiger partial charge on any atom is -0.448 e. The molecule has 0 aliphatic carbocycles. The number of amides is 1. The van der Waals surface area contributed by atoms with Crippen LogP contribution in [0.2, 0.25) is 0 Å². The van der Waals surface area contributed by atoms with Gasteiger partial charge in [0, 0.05) is 29.2 Å². The third kappa shape index (κ3) is 3.10. The molecule has 2 heterocycles. The lowest BCUT2D eigenvalue weighted by Crippen LogP contribution is -2.39. The van der Waals surface area contributed by atoms with E-state index in [2.05, 4.69) is 4.98 Å². The second-order valence-electron chi connectivity index (χ2n) is 6.51. The highest BCUT2D eigenvalue weighted by Crippen LogP contribution is 2.28. The van der Waals surface area contributed by atoms with Gasteiger partial charge in [-0.3, -0.25) is 9.59 Å². The third-order valence-corrected chi connectivity index (χ3v) is 4.74. The van der Waals surface area contributed by atoms with Crippen LogP contribution in [0.5, 0.6) is 0 Å². The summed E-state index contributed by atoms with van der Waals surface area (Å²) in [5.41, 5.74) is 2.25. The van der Waals surface area contributed by atoms with Crippen molar-refractivity contribution >= 4 is 28.5 Å². The minimum atomic E-state index is -0.960. The molecule has 0 saturated heterocycles. The first-order chi connectivity index (χ1) is 13.0. The molecular formula is C21H18N2O4. The molecule has 4 rings (SSSR count). The first kappa shape index (κ1) is 17.0. The van der Waals surface area contributed by atoms with E-state index in [4.69, 9.17) is 4.74 Å². The lowest BCUT2D eigenvalue weighted by atomic mass is 10.2. The van der Waals surface area contributed by atoms with Crippen molar-refractivity contribution in [3.05, 3.63) is 76.1 Å². The fourth-order valence-electron chi connectivity index (χ4n) is 3.37. The highest BCUT2D eigenvalue weighted by atomic mass is 16.5. The van der Waals surface area contributed by atoms with Gasteiger partial charge in [-0.05, 0) is 37.1 Å². The number of hydrogen-bond acceptors (Lipinski definition) is 4. The van der Waals surface area contributed by atoms with Crippen molar-refractivity contribution in [3.8, 4) is 0 Å². The summed E-state index contributed by atoms with van der Waals surface area (Å²) in [5, 5.41) is 0.492. The number of pyridine rings is 1. The quantitative estimate of drug-likeness (QED) is 0.727. The molecule has 0 radical (unpaired) electrons. The number of nitrogens with one attached hydrogen (secondary N) is 1. The van der Waals surface area contributed by atoms with Crippen LogP contribution in [0.1, 0.15) is 23.0 Å². The summed E-state index contributed by atoms with van der Waals surface area (Å²) in [6.45, 7) is 2.10. The van der Waals surface area contributed by atoms with E-state index in [-0.39, 0.29) is 17.0 Å². The number of para-hydroxylation sites is 2. The molecule has 2 aromatic carbocycles. The maximum absolute atomic E-state index is 12.7. The van der Waals surface area contributed by atoms with Crippen molar-refractivity contribution in [1.29, 1.82) is 0 Å². The second-order valence-corrected chi connectivity index (χ2v) is 6.51. The number of esters is 1. The molecule has 1 aliphatic rings. The number of carbonyl (C=O) groups excluding carboxylic acids is 2. The van der Waals surface area contributed by atoms with Gasteiger partial charge in [-0.15, -0.1) is 0 Å². The lowest BCUT2D eigenvalue weighted by molar-refractivity contribution is -0.126. The van der Waals surface area contributed by atoms with Gasteiger partial charge in [-0.25, -0.2) is 4.79 Å². The largest absolute Gasteiger partial charge is 0.448 e. The van der Waals surface area contributed by atoms with E-state index < -0.39 is 12.1 Å². The molecule has 1 atom stereocenters.